The first-order chi connectivity index (χ1) is 7.18. The third kappa shape index (κ3) is 3.16. The van der Waals surface area contributed by atoms with E-state index in [1.807, 2.05) is 0 Å². The summed E-state index contributed by atoms with van der Waals surface area (Å²) in [5, 5.41) is 18.1. The molecular weight excluding hydrogens is 228 g/mol. The topological polar surface area (TPSA) is 46.0 Å². The summed E-state index contributed by atoms with van der Waals surface area (Å²) in [5.74, 6) is 1.53. The molecule has 1 aromatic heterocycles. The summed E-state index contributed by atoms with van der Waals surface area (Å²) in [6, 6.07) is 0. The average Bonchev–Trinajstić information content (AvgIpc) is 2.73. The zero-order valence-corrected chi connectivity index (χ0v) is 10.5. The average molecular weight is 244 g/mol. The second-order valence-electron chi connectivity index (χ2n) is 4.40. The molecule has 84 valence electrons. The van der Waals surface area contributed by atoms with Crippen molar-refractivity contribution in [2.45, 2.75) is 42.5 Å². The van der Waals surface area contributed by atoms with Gasteiger partial charge in [0, 0.05) is 5.75 Å². The Kier molecular flexibility index (Phi) is 3.64. The highest BCUT2D eigenvalue weighted by molar-refractivity contribution is 8.01. The largest absolute Gasteiger partial charge is 0.389 e. The molecule has 0 saturated heterocycles. The molecule has 0 spiro atoms. The van der Waals surface area contributed by atoms with Crippen molar-refractivity contribution in [3.8, 4) is 0 Å². The molecule has 1 fully saturated rings. The number of hydrogen-bond donors (Lipinski definition) is 1. The standard InChI is InChI=1S/C10H16N2OS2/c1-8-2-4-10(13,5-3-8)6-14-9-12-11-7-15-9/h7-8,13H,2-6H2,1H3. The Hall–Kier alpha value is -0.130. The molecule has 1 saturated carbocycles. The van der Waals surface area contributed by atoms with Gasteiger partial charge in [0.1, 0.15) is 5.51 Å². The van der Waals surface area contributed by atoms with E-state index in [-0.39, 0.29) is 0 Å². The van der Waals surface area contributed by atoms with Crippen molar-refractivity contribution in [2.24, 2.45) is 5.92 Å². The summed E-state index contributed by atoms with van der Waals surface area (Å²) < 4.78 is 0.960. The molecule has 0 aliphatic heterocycles. The third-order valence-electron chi connectivity index (χ3n) is 3.01. The van der Waals surface area contributed by atoms with Gasteiger partial charge in [-0.3, -0.25) is 0 Å². The molecule has 2 rings (SSSR count). The van der Waals surface area contributed by atoms with Crippen LogP contribution in [-0.4, -0.2) is 26.7 Å². The fraction of sp³-hybridized carbons (Fsp3) is 0.800. The Morgan fingerprint density at radius 2 is 2.33 bits per heavy atom. The van der Waals surface area contributed by atoms with E-state index in [4.69, 9.17) is 0 Å². The molecule has 0 aromatic carbocycles. The van der Waals surface area contributed by atoms with E-state index in [1.165, 1.54) is 0 Å². The minimum absolute atomic E-state index is 0.469. The van der Waals surface area contributed by atoms with E-state index in [9.17, 15) is 5.11 Å². The van der Waals surface area contributed by atoms with Crippen LogP contribution in [-0.2, 0) is 0 Å². The molecule has 15 heavy (non-hydrogen) atoms. The van der Waals surface area contributed by atoms with E-state index in [0.29, 0.717) is 0 Å². The normalized spacial score (nSPS) is 31.7. The predicted molar refractivity (Wildman–Crippen MR) is 63.2 cm³/mol. The molecule has 0 atom stereocenters. The number of aliphatic hydroxyl groups is 1. The van der Waals surface area contributed by atoms with Crippen LogP contribution >= 0.6 is 23.1 Å². The summed E-state index contributed by atoms with van der Waals surface area (Å²) in [6.45, 7) is 2.26. The van der Waals surface area contributed by atoms with Gasteiger partial charge in [0.15, 0.2) is 4.34 Å². The molecule has 5 heteroatoms. The van der Waals surface area contributed by atoms with E-state index >= 15 is 0 Å². The van der Waals surface area contributed by atoms with Crippen LogP contribution in [0, 0.1) is 5.92 Å². The van der Waals surface area contributed by atoms with E-state index < -0.39 is 5.60 Å². The van der Waals surface area contributed by atoms with Crippen molar-refractivity contribution in [3.05, 3.63) is 5.51 Å². The maximum absolute atomic E-state index is 10.3. The first kappa shape index (κ1) is 11.4. The fourth-order valence-electron chi connectivity index (χ4n) is 1.87. The van der Waals surface area contributed by atoms with Gasteiger partial charge in [-0.1, -0.05) is 30.0 Å². The molecule has 1 aliphatic rings. The van der Waals surface area contributed by atoms with Crippen LogP contribution in [0.1, 0.15) is 32.6 Å². The number of aromatic nitrogens is 2. The SMILES string of the molecule is CC1CCC(O)(CSc2nncs2)CC1. The number of nitrogens with zero attached hydrogens (tertiary/aromatic N) is 2. The van der Waals surface area contributed by atoms with Crippen LogP contribution in [0.5, 0.6) is 0 Å². The van der Waals surface area contributed by atoms with E-state index in [1.54, 1.807) is 28.6 Å². The monoisotopic (exact) mass is 244 g/mol. The van der Waals surface area contributed by atoms with Gasteiger partial charge in [-0.2, -0.15) is 0 Å². The van der Waals surface area contributed by atoms with Crippen LogP contribution in [0.4, 0.5) is 0 Å². The van der Waals surface area contributed by atoms with Gasteiger partial charge >= 0.3 is 0 Å². The molecule has 0 bridgehead atoms. The fourth-order valence-corrected chi connectivity index (χ4v) is 3.51. The molecular formula is C10H16N2OS2. The van der Waals surface area contributed by atoms with Gasteiger partial charge in [0.2, 0.25) is 0 Å². The highest BCUT2D eigenvalue weighted by Crippen LogP contribution is 2.35. The lowest BCUT2D eigenvalue weighted by atomic mass is 9.81. The van der Waals surface area contributed by atoms with Crippen molar-refractivity contribution in [3.63, 3.8) is 0 Å². The van der Waals surface area contributed by atoms with Crippen LogP contribution in [0.15, 0.2) is 9.85 Å². The summed E-state index contributed by atoms with van der Waals surface area (Å²) in [5.41, 5.74) is 1.26. The van der Waals surface area contributed by atoms with E-state index in [0.717, 1.165) is 41.7 Å². The van der Waals surface area contributed by atoms with Gasteiger partial charge in [-0.15, -0.1) is 10.2 Å². The summed E-state index contributed by atoms with van der Waals surface area (Å²) in [6.07, 6.45) is 4.15. The summed E-state index contributed by atoms with van der Waals surface area (Å²) in [4.78, 5) is 0. The van der Waals surface area contributed by atoms with Crippen molar-refractivity contribution < 1.29 is 5.11 Å². The van der Waals surface area contributed by atoms with Gasteiger partial charge < -0.3 is 5.11 Å². The smallest absolute Gasteiger partial charge is 0.174 e. The van der Waals surface area contributed by atoms with Gasteiger partial charge in [0.05, 0.1) is 5.60 Å². The minimum Gasteiger partial charge on any atom is -0.389 e. The van der Waals surface area contributed by atoms with Gasteiger partial charge in [-0.25, -0.2) is 0 Å². The quantitative estimate of drug-likeness (QED) is 0.830. The minimum atomic E-state index is -0.469. The van der Waals surface area contributed by atoms with Crippen LogP contribution in [0.2, 0.25) is 0 Å². The Balaban J connectivity index is 1.83. The lowest BCUT2D eigenvalue weighted by molar-refractivity contribution is 0.0150. The predicted octanol–water partition coefficient (Wildman–Crippen LogP) is 2.57. The zero-order valence-electron chi connectivity index (χ0n) is 8.85. The second-order valence-corrected chi connectivity index (χ2v) is 6.46. The molecule has 0 radical (unpaired) electrons. The van der Waals surface area contributed by atoms with Crippen molar-refractivity contribution in [1.29, 1.82) is 0 Å². The highest BCUT2D eigenvalue weighted by atomic mass is 32.2. The molecule has 1 heterocycles. The lowest BCUT2D eigenvalue weighted by Gasteiger charge is -2.34. The molecule has 3 nitrogen and oxygen atoms in total. The van der Waals surface area contributed by atoms with E-state index in [2.05, 4.69) is 17.1 Å². The van der Waals surface area contributed by atoms with Gasteiger partial charge in [0.25, 0.3) is 0 Å². The first-order valence-corrected chi connectivity index (χ1v) is 7.16. The number of hydrogen-bond acceptors (Lipinski definition) is 5. The number of rotatable bonds is 3. The molecule has 0 amide bonds. The van der Waals surface area contributed by atoms with Crippen molar-refractivity contribution in [2.75, 3.05) is 5.75 Å². The number of thioether (sulfide) groups is 1. The molecule has 1 N–H and O–H groups in total. The van der Waals surface area contributed by atoms with Crippen LogP contribution in [0.3, 0.4) is 0 Å². The Labute approximate surface area is 98.3 Å². The molecule has 1 aliphatic carbocycles. The lowest BCUT2D eigenvalue weighted by Crippen LogP contribution is -2.36. The first-order valence-electron chi connectivity index (χ1n) is 5.29. The van der Waals surface area contributed by atoms with Crippen molar-refractivity contribution >= 4 is 23.1 Å². The van der Waals surface area contributed by atoms with Gasteiger partial charge in [-0.05, 0) is 31.6 Å². The zero-order chi connectivity index (χ0) is 10.7. The highest BCUT2D eigenvalue weighted by Gasteiger charge is 2.31. The maximum Gasteiger partial charge on any atom is 0.174 e. The summed E-state index contributed by atoms with van der Waals surface area (Å²) >= 11 is 3.17. The maximum atomic E-state index is 10.3. The third-order valence-corrected chi connectivity index (χ3v) is 5.14. The summed E-state index contributed by atoms with van der Waals surface area (Å²) in [7, 11) is 0. The molecule has 1 aromatic rings. The van der Waals surface area contributed by atoms with Crippen LogP contribution < -0.4 is 0 Å². The Morgan fingerprint density at radius 1 is 1.60 bits per heavy atom. The Bertz CT molecular complexity index is 294. The second kappa shape index (κ2) is 4.80. The molecule has 0 unspecified atom stereocenters. The Morgan fingerprint density at radius 3 is 2.93 bits per heavy atom. The van der Waals surface area contributed by atoms with Crippen molar-refractivity contribution in [1.82, 2.24) is 10.2 Å². The van der Waals surface area contributed by atoms with Crippen LogP contribution in [0.25, 0.3) is 0 Å².